The van der Waals surface area contributed by atoms with E-state index in [1.807, 2.05) is 72.8 Å². The van der Waals surface area contributed by atoms with Crippen molar-refractivity contribution in [2.45, 2.75) is 19.5 Å². The minimum Gasteiger partial charge on any atom is -0.505 e. The van der Waals surface area contributed by atoms with Crippen LogP contribution in [0.2, 0.25) is 0 Å². The molecule has 1 unspecified atom stereocenters. The van der Waals surface area contributed by atoms with Crippen LogP contribution in [0.3, 0.4) is 0 Å². The maximum Gasteiger partial charge on any atom is 0.295 e. The van der Waals surface area contributed by atoms with Gasteiger partial charge in [-0.1, -0.05) is 64.5 Å². The molecule has 2 aromatic carbocycles. The Morgan fingerprint density at radius 3 is 2.42 bits per heavy atom. The molecule has 1 saturated heterocycles. The number of benzene rings is 2. The van der Waals surface area contributed by atoms with E-state index in [0.717, 1.165) is 15.6 Å². The Kier molecular flexibility index (Phi) is 5.34. The van der Waals surface area contributed by atoms with Crippen molar-refractivity contribution in [3.63, 3.8) is 0 Å². The van der Waals surface area contributed by atoms with Gasteiger partial charge in [0.05, 0.1) is 17.3 Å². The lowest BCUT2D eigenvalue weighted by molar-refractivity contribution is -0.140. The van der Waals surface area contributed by atoms with Gasteiger partial charge in [-0.25, -0.2) is 4.98 Å². The highest BCUT2D eigenvalue weighted by Gasteiger charge is 2.46. The molecule has 6 nitrogen and oxygen atoms in total. The molecule has 1 aliphatic rings. The van der Waals surface area contributed by atoms with Gasteiger partial charge in [0.1, 0.15) is 11.3 Å². The number of aliphatic hydroxyl groups is 1. The van der Waals surface area contributed by atoms with E-state index < -0.39 is 17.7 Å². The Hall–Kier alpha value is -3.71. The molecule has 0 aliphatic carbocycles. The molecule has 164 valence electrons. The highest BCUT2D eigenvalue weighted by molar-refractivity contribution is 9.10. The van der Waals surface area contributed by atoms with Crippen LogP contribution in [-0.2, 0) is 16.1 Å². The third-order valence-corrected chi connectivity index (χ3v) is 6.38. The second-order valence-corrected chi connectivity index (χ2v) is 8.85. The number of halogens is 1. The molecule has 3 heterocycles. The van der Waals surface area contributed by atoms with Gasteiger partial charge in [-0.05, 0) is 42.3 Å². The van der Waals surface area contributed by atoms with E-state index in [-0.39, 0.29) is 17.9 Å². The molecule has 5 rings (SSSR count). The predicted octanol–water partition coefficient (Wildman–Crippen LogP) is 5.03. The Morgan fingerprint density at radius 1 is 1.00 bits per heavy atom. The molecule has 0 bridgehead atoms. The summed E-state index contributed by atoms with van der Waals surface area (Å²) in [5, 5.41) is 11.5. The average molecular weight is 502 g/mol. The van der Waals surface area contributed by atoms with Crippen molar-refractivity contribution in [2.24, 2.45) is 0 Å². The number of aliphatic hydroxyl groups excluding tert-OH is 1. The highest BCUT2D eigenvalue weighted by atomic mass is 79.9. The average Bonchev–Trinajstić information content (AvgIpc) is 3.28. The summed E-state index contributed by atoms with van der Waals surface area (Å²) in [5.74, 6) is -1.57. The van der Waals surface area contributed by atoms with Crippen molar-refractivity contribution in [1.82, 2.24) is 14.3 Å². The van der Waals surface area contributed by atoms with Crippen LogP contribution in [-0.4, -0.2) is 31.1 Å². The number of aromatic nitrogens is 2. The quantitative estimate of drug-likeness (QED) is 0.242. The Balaban J connectivity index is 1.72. The number of rotatable bonds is 4. The molecule has 1 amide bonds. The van der Waals surface area contributed by atoms with Crippen molar-refractivity contribution in [1.29, 1.82) is 0 Å². The van der Waals surface area contributed by atoms with E-state index in [2.05, 4.69) is 20.9 Å². The van der Waals surface area contributed by atoms with Gasteiger partial charge < -0.3 is 10.0 Å². The number of hydrogen-bond donors (Lipinski definition) is 1. The van der Waals surface area contributed by atoms with Gasteiger partial charge in [-0.2, -0.15) is 0 Å². The zero-order valence-corrected chi connectivity index (χ0v) is 19.4. The van der Waals surface area contributed by atoms with Crippen LogP contribution < -0.4 is 0 Å². The van der Waals surface area contributed by atoms with Crippen LogP contribution in [0.5, 0.6) is 0 Å². The topological polar surface area (TPSA) is 74.9 Å². The number of imidazole rings is 1. The third-order valence-electron chi connectivity index (χ3n) is 5.85. The van der Waals surface area contributed by atoms with Crippen LogP contribution >= 0.6 is 15.9 Å². The molecular formula is C26H20BrN3O3. The maximum atomic E-state index is 13.3. The van der Waals surface area contributed by atoms with Crippen molar-refractivity contribution in [3.05, 3.63) is 112 Å². The molecule has 1 atom stereocenters. The first kappa shape index (κ1) is 21.2. The molecule has 4 aromatic rings. The lowest BCUT2D eigenvalue weighted by Gasteiger charge is -2.25. The summed E-state index contributed by atoms with van der Waals surface area (Å²) < 4.78 is 2.61. The normalized spacial score (nSPS) is 17.8. The summed E-state index contributed by atoms with van der Waals surface area (Å²) in [7, 11) is 0. The van der Waals surface area contributed by atoms with E-state index in [4.69, 9.17) is 0 Å². The first-order chi connectivity index (χ1) is 16.0. The Bertz CT molecular complexity index is 1410. The SMILES string of the molecule is Cc1nc2ccccn2c1/C(O)=C1\C(=O)C(=O)N(Cc2ccccc2)C1c1ccc(Br)cc1. The molecule has 1 N–H and O–H groups in total. The minimum absolute atomic E-state index is 0.0620. The van der Waals surface area contributed by atoms with Crippen LogP contribution in [0.15, 0.2) is 89.0 Å². The minimum atomic E-state index is -0.730. The van der Waals surface area contributed by atoms with Gasteiger partial charge in [0, 0.05) is 17.2 Å². The maximum absolute atomic E-state index is 13.3. The number of nitrogens with zero attached hydrogens (tertiary/aromatic N) is 3. The molecule has 7 heteroatoms. The molecule has 0 spiro atoms. The summed E-state index contributed by atoms with van der Waals surface area (Å²) in [6.07, 6.45) is 1.78. The first-order valence-electron chi connectivity index (χ1n) is 10.5. The fourth-order valence-electron chi connectivity index (χ4n) is 4.34. The molecule has 0 saturated carbocycles. The van der Waals surface area contributed by atoms with Gasteiger partial charge in [0.2, 0.25) is 0 Å². The molecule has 0 radical (unpaired) electrons. The fourth-order valence-corrected chi connectivity index (χ4v) is 4.61. The summed E-state index contributed by atoms with van der Waals surface area (Å²) >= 11 is 3.44. The molecule has 1 fully saturated rings. The van der Waals surface area contributed by atoms with E-state index in [1.165, 1.54) is 4.90 Å². The molecule has 2 aromatic heterocycles. The standard InChI is InChI=1S/C26H20BrN3O3/c1-16-22(29-14-6-5-9-20(29)28-16)24(31)21-23(18-10-12-19(27)13-11-18)30(26(33)25(21)32)15-17-7-3-2-4-8-17/h2-14,23,31H,15H2,1H3/b24-21+. The number of carbonyl (C=O) groups excluding carboxylic acids is 2. The number of amides is 1. The van der Waals surface area contributed by atoms with Gasteiger partial charge in [-0.15, -0.1) is 0 Å². The van der Waals surface area contributed by atoms with Gasteiger partial charge >= 0.3 is 0 Å². The number of pyridine rings is 1. The van der Waals surface area contributed by atoms with Gasteiger partial charge in [0.15, 0.2) is 5.76 Å². The van der Waals surface area contributed by atoms with Crippen LogP contribution in [0.4, 0.5) is 0 Å². The third kappa shape index (κ3) is 3.64. The number of aryl methyl sites for hydroxylation is 1. The summed E-state index contributed by atoms with van der Waals surface area (Å²) in [6, 6.07) is 21.7. The van der Waals surface area contributed by atoms with E-state index >= 15 is 0 Å². The zero-order chi connectivity index (χ0) is 23.1. The second kappa shape index (κ2) is 8.33. The number of ketones is 1. The molecule has 1 aliphatic heterocycles. The monoisotopic (exact) mass is 501 g/mol. The summed E-state index contributed by atoms with van der Waals surface area (Å²) in [5.41, 5.74) is 3.32. The summed E-state index contributed by atoms with van der Waals surface area (Å²) in [4.78, 5) is 32.5. The predicted molar refractivity (Wildman–Crippen MR) is 128 cm³/mol. The smallest absolute Gasteiger partial charge is 0.295 e. The lowest BCUT2D eigenvalue weighted by Crippen LogP contribution is -2.29. The molecular weight excluding hydrogens is 482 g/mol. The van der Waals surface area contributed by atoms with Gasteiger partial charge in [-0.3, -0.25) is 14.0 Å². The number of Topliss-reactive ketones (excluding diaryl/α,β-unsaturated/α-hetero) is 1. The second-order valence-electron chi connectivity index (χ2n) is 7.94. The van der Waals surface area contributed by atoms with Crippen molar-refractivity contribution in [3.8, 4) is 0 Å². The first-order valence-corrected chi connectivity index (χ1v) is 11.3. The summed E-state index contributed by atoms with van der Waals surface area (Å²) in [6.45, 7) is 2.02. The largest absolute Gasteiger partial charge is 0.505 e. The molecule has 33 heavy (non-hydrogen) atoms. The lowest BCUT2D eigenvalue weighted by atomic mass is 9.96. The van der Waals surface area contributed by atoms with Crippen molar-refractivity contribution < 1.29 is 14.7 Å². The van der Waals surface area contributed by atoms with Gasteiger partial charge in [0.25, 0.3) is 11.7 Å². The Morgan fingerprint density at radius 2 is 1.70 bits per heavy atom. The van der Waals surface area contributed by atoms with Crippen LogP contribution in [0.25, 0.3) is 11.4 Å². The Labute approximate surface area is 198 Å². The number of fused-ring (bicyclic) bond motifs is 1. The van der Waals surface area contributed by atoms with Crippen molar-refractivity contribution >= 4 is 39.0 Å². The zero-order valence-electron chi connectivity index (χ0n) is 17.8. The number of carbonyl (C=O) groups is 2. The number of likely N-dealkylation sites (tertiary alicyclic amines) is 1. The van der Waals surface area contributed by atoms with E-state index in [1.54, 1.807) is 17.5 Å². The number of hydrogen-bond acceptors (Lipinski definition) is 4. The highest BCUT2D eigenvalue weighted by Crippen LogP contribution is 2.41. The van der Waals surface area contributed by atoms with Crippen LogP contribution in [0.1, 0.15) is 28.6 Å². The fraction of sp³-hybridized carbons (Fsp3) is 0.115. The van der Waals surface area contributed by atoms with Crippen molar-refractivity contribution in [2.75, 3.05) is 0 Å². The van der Waals surface area contributed by atoms with Crippen LogP contribution in [0, 0.1) is 6.92 Å². The van der Waals surface area contributed by atoms with E-state index in [0.29, 0.717) is 17.0 Å². The van der Waals surface area contributed by atoms with E-state index in [9.17, 15) is 14.7 Å².